The average molecular weight is 468 g/mol. The van der Waals surface area contributed by atoms with Crippen molar-refractivity contribution < 1.29 is 9.31 Å². The van der Waals surface area contributed by atoms with Gasteiger partial charge in [0, 0.05) is 40.2 Å². The Bertz CT molecular complexity index is 1070. The lowest BCUT2D eigenvalue weighted by Gasteiger charge is -2.14. The largest absolute Gasteiger partial charge is 0.355 e. The van der Waals surface area contributed by atoms with Crippen LogP contribution < -0.4 is 10.9 Å². The highest BCUT2D eigenvalue weighted by Gasteiger charge is 2.22. The molecule has 0 spiro atoms. The Morgan fingerprint density at radius 3 is 2.54 bits per heavy atom. The summed E-state index contributed by atoms with van der Waals surface area (Å²) in [6.45, 7) is 1.89. The number of anilines is 2. The highest BCUT2D eigenvalue weighted by atomic mass is 127. The van der Waals surface area contributed by atoms with Crippen molar-refractivity contribution in [3.05, 3.63) is 71.9 Å². The zero-order chi connectivity index (χ0) is 19.0. The number of nitrogens with one attached hydrogen (secondary N) is 2. The van der Waals surface area contributed by atoms with Gasteiger partial charge in [-0.3, -0.25) is 19.6 Å². The predicted octanol–water partition coefficient (Wildman–Crippen LogP) is 4.08. The van der Waals surface area contributed by atoms with Gasteiger partial charge in [0.15, 0.2) is 0 Å². The van der Waals surface area contributed by atoms with Crippen molar-refractivity contribution >= 4 is 39.7 Å². The Hall–Kier alpha value is -2.69. The van der Waals surface area contributed by atoms with Gasteiger partial charge in [0.25, 0.3) is 5.56 Å². The second kappa shape index (κ2) is 6.90. The first-order valence-corrected chi connectivity index (χ1v) is 8.61. The van der Waals surface area contributed by atoms with Crippen LogP contribution >= 0.6 is 22.6 Å². The van der Waals surface area contributed by atoms with Crippen LogP contribution in [0.4, 0.5) is 21.5 Å². The Kier molecular flexibility index (Phi) is 4.81. The summed E-state index contributed by atoms with van der Waals surface area (Å²) >= 11 is 2.18. The zero-order valence-corrected chi connectivity index (χ0v) is 16.0. The Morgan fingerprint density at radius 2 is 1.96 bits per heavy atom. The molecule has 1 heterocycles. The lowest BCUT2D eigenvalue weighted by atomic mass is 10.0. The molecule has 2 aromatic carbocycles. The molecule has 7 nitrogen and oxygen atoms in total. The van der Waals surface area contributed by atoms with Crippen LogP contribution in [0.3, 0.4) is 0 Å². The number of aryl methyl sites for hydroxylation is 2. The fourth-order valence-corrected chi connectivity index (χ4v) is 3.24. The quantitative estimate of drug-likeness (QED) is 0.343. The molecule has 0 atom stereocenters. The molecule has 0 unspecified atom stereocenters. The van der Waals surface area contributed by atoms with Crippen molar-refractivity contribution in [2.24, 2.45) is 7.05 Å². The lowest BCUT2D eigenvalue weighted by Crippen LogP contribution is -2.13. The van der Waals surface area contributed by atoms with Gasteiger partial charge in [-0.1, -0.05) is 0 Å². The molecule has 0 bridgehead atoms. The van der Waals surface area contributed by atoms with Gasteiger partial charge in [-0.05, 0) is 53.3 Å². The normalized spacial score (nSPS) is 10.8. The summed E-state index contributed by atoms with van der Waals surface area (Å²) in [5.74, 6) is -0.975. The van der Waals surface area contributed by atoms with Gasteiger partial charge in [-0.25, -0.2) is 0 Å². The highest BCUT2D eigenvalue weighted by Crippen LogP contribution is 2.35. The van der Waals surface area contributed by atoms with Gasteiger partial charge in [0.2, 0.25) is 5.82 Å². The molecule has 0 radical (unpaired) electrons. The van der Waals surface area contributed by atoms with E-state index >= 15 is 0 Å². The number of aromatic amines is 1. The number of H-pyrrole nitrogens is 1. The third-order valence-electron chi connectivity index (χ3n) is 3.97. The van der Waals surface area contributed by atoms with Crippen LogP contribution in [0.2, 0.25) is 0 Å². The van der Waals surface area contributed by atoms with Crippen LogP contribution in [0, 0.1) is 26.4 Å². The van der Waals surface area contributed by atoms with Crippen molar-refractivity contribution in [1.29, 1.82) is 0 Å². The van der Waals surface area contributed by atoms with E-state index in [1.54, 1.807) is 0 Å². The van der Waals surface area contributed by atoms with Crippen LogP contribution in [0.15, 0.2) is 41.3 Å². The number of halogens is 2. The van der Waals surface area contributed by atoms with Crippen molar-refractivity contribution in [3.63, 3.8) is 0 Å². The minimum Gasteiger partial charge on any atom is -0.355 e. The minimum atomic E-state index is -0.975. The molecule has 0 saturated heterocycles. The molecule has 0 fully saturated rings. The molecular formula is C17H14FIN4O3. The van der Waals surface area contributed by atoms with Gasteiger partial charge in [0.1, 0.15) is 0 Å². The van der Waals surface area contributed by atoms with Crippen LogP contribution in [0.25, 0.3) is 11.1 Å². The Balaban J connectivity index is 2.20. The molecule has 2 N–H and O–H groups in total. The van der Waals surface area contributed by atoms with E-state index < -0.39 is 16.4 Å². The first-order chi connectivity index (χ1) is 12.3. The number of benzene rings is 2. The Labute approximate surface area is 161 Å². The Morgan fingerprint density at radius 1 is 1.23 bits per heavy atom. The molecule has 134 valence electrons. The average Bonchev–Trinajstić information content (AvgIpc) is 2.89. The van der Waals surface area contributed by atoms with Gasteiger partial charge in [0.05, 0.1) is 16.2 Å². The highest BCUT2D eigenvalue weighted by molar-refractivity contribution is 14.1. The smallest absolute Gasteiger partial charge is 0.305 e. The van der Waals surface area contributed by atoms with E-state index in [-0.39, 0.29) is 22.4 Å². The van der Waals surface area contributed by atoms with Crippen molar-refractivity contribution in [2.75, 3.05) is 5.32 Å². The number of nitro groups is 1. The van der Waals surface area contributed by atoms with E-state index in [4.69, 9.17) is 0 Å². The predicted molar refractivity (Wildman–Crippen MR) is 105 cm³/mol. The molecule has 0 aliphatic heterocycles. The SMILES string of the molecule is Cc1cc(I)ccc1Nc1cc(F)c([N+](=O)[O-])cc1-c1c[nH]n(C)c1=O. The number of rotatable bonds is 4. The fourth-order valence-electron chi connectivity index (χ4n) is 2.60. The third-order valence-corrected chi connectivity index (χ3v) is 4.64. The van der Waals surface area contributed by atoms with Gasteiger partial charge < -0.3 is 10.4 Å². The van der Waals surface area contributed by atoms with Crippen LogP contribution in [-0.4, -0.2) is 14.7 Å². The lowest BCUT2D eigenvalue weighted by molar-refractivity contribution is -0.387. The summed E-state index contributed by atoms with van der Waals surface area (Å²) in [5, 5.41) is 16.9. The summed E-state index contributed by atoms with van der Waals surface area (Å²) in [6, 6.07) is 7.77. The number of nitro benzene ring substituents is 1. The third kappa shape index (κ3) is 3.34. The standard InChI is InChI=1S/C17H14FIN4O3/c1-9-5-10(19)3-4-14(9)21-15-7-13(18)16(23(25)26)6-11(15)12-8-20-22(2)17(12)24/h3-8,20-21H,1-2H3. The van der Waals surface area contributed by atoms with Crippen LogP contribution in [0.1, 0.15) is 5.56 Å². The molecule has 0 saturated carbocycles. The molecule has 0 aliphatic carbocycles. The topological polar surface area (TPSA) is 93.0 Å². The molecule has 9 heteroatoms. The van der Waals surface area contributed by atoms with Gasteiger partial charge in [-0.2, -0.15) is 4.39 Å². The number of nitrogens with zero attached hydrogens (tertiary/aromatic N) is 2. The first-order valence-electron chi connectivity index (χ1n) is 7.54. The maximum atomic E-state index is 14.2. The van der Waals surface area contributed by atoms with E-state index in [2.05, 4.69) is 33.0 Å². The number of hydrogen-bond donors (Lipinski definition) is 2. The second-order valence-corrected chi connectivity index (χ2v) is 6.99. The molecule has 0 aliphatic rings. The number of hydrogen-bond acceptors (Lipinski definition) is 4. The fraction of sp³-hybridized carbons (Fsp3) is 0.118. The first kappa shape index (κ1) is 18.1. The molecule has 3 aromatic rings. The van der Waals surface area contributed by atoms with Crippen molar-refractivity contribution in [3.8, 4) is 11.1 Å². The number of aromatic nitrogens is 2. The monoisotopic (exact) mass is 468 g/mol. The van der Waals surface area contributed by atoms with E-state index in [1.807, 2.05) is 25.1 Å². The maximum absolute atomic E-state index is 14.2. The molecule has 1 aromatic heterocycles. The van der Waals surface area contributed by atoms with Crippen LogP contribution in [-0.2, 0) is 7.05 Å². The van der Waals surface area contributed by atoms with Crippen molar-refractivity contribution in [2.45, 2.75) is 6.92 Å². The molecule has 0 amide bonds. The summed E-state index contributed by atoms with van der Waals surface area (Å²) in [6.07, 6.45) is 1.44. The molecule has 3 rings (SSSR count). The van der Waals surface area contributed by atoms with E-state index in [1.165, 1.54) is 17.9 Å². The van der Waals surface area contributed by atoms with Gasteiger partial charge in [-0.15, -0.1) is 0 Å². The minimum absolute atomic E-state index is 0.210. The summed E-state index contributed by atoms with van der Waals surface area (Å²) in [4.78, 5) is 22.6. The second-order valence-electron chi connectivity index (χ2n) is 5.74. The summed E-state index contributed by atoms with van der Waals surface area (Å²) in [5.41, 5.74) is 1.31. The zero-order valence-electron chi connectivity index (χ0n) is 13.8. The van der Waals surface area contributed by atoms with Gasteiger partial charge >= 0.3 is 5.69 Å². The maximum Gasteiger partial charge on any atom is 0.305 e. The molecular weight excluding hydrogens is 454 g/mol. The van der Waals surface area contributed by atoms with E-state index in [9.17, 15) is 19.3 Å². The van der Waals surface area contributed by atoms with E-state index in [0.29, 0.717) is 5.69 Å². The summed E-state index contributed by atoms with van der Waals surface area (Å²) in [7, 11) is 1.53. The summed E-state index contributed by atoms with van der Waals surface area (Å²) < 4.78 is 16.5. The molecule has 26 heavy (non-hydrogen) atoms. The van der Waals surface area contributed by atoms with Crippen molar-refractivity contribution in [1.82, 2.24) is 9.78 Å². The van der Waals surface area contributed by atoms with Crippen LogP contribution in [0.5, 0.6) is 0 Å². The van der Waals surface area contributed by atoms with E-state index in [0.717, 1.165) is 21.3 Å².